The fraction of sp³-hybridized carbons (Fsp3) is 0.350. The Kier molecular flexibility index (Phi) is 4.58. The lowest BCUT2D eigenvalue weighted by atomic mass is 9.88. The highest BCUT2D eigenvalue weighted by atomic mass is 32.1. The van der Waals surface area contributed by atoms with Gasteiger partial charge in [0.25, 0.3) is 0 Å². The third-order valence-corrected chi connectivity index (χ3v) is 6.27. The van der Waals surface area contributed by atoms with Crippen LogP contribution in [0.2, 0.25) is 0 Å². The number of benzene rings is 1. The van der Waals surface area contributed by atoms with Crippen LogP contribution in [0.5, 0.6) is 0 Å². The molecule has 7 heteroatoms. The number of carbonyl (C=O) groups is 2. The van der Waals surface area contributed by atoms with Crippen LogP contribution in [-0.4, -0.2) is 17.9 Å². The molecule has 1 aliphatic carbocycles. The smallest absolute Gasteiger partial charge is 0.247 e. The molecule has 27 heavy (non-hydrogen) atoms. The average Bonchev–Trinajstić information content (AvgIpc) is 2.98. The number of fused-ring (bicyclic) bond motifs is 2. The molecule has 2 aromatic rings. The number of hydrogen-bond acceptors (Lipinski definition) is 5. The second-order valence-corrected chi connectivity index (χ2v) is 8.26. The summed E-state index contributed by atoms with van der Waals surface area (Å²) in [5.74, 6) is 0.0929. The minimum Gasteiger partial charge on any atom is -0.372 e. The Morgan fingerprint density at radius 2 is 2.15 bits per heavy atom. The molecule has 2 amide bonds. The van der Waals surface area contributed by atoms with Crippen molar-refractivity contribution in [1.82, 2.24) is 0 Å². The summed E-state index contributed by atoms with van der Waals surface area (Å²) >= 11 is 1.49. The molecule has 1 aromatic carbocycles. The molecule has 0 saturated heterocycles. The monoisotopic (exact) mass is 380 g/mol. The Labute approximate surface area is 161 Å². The number of thiophene rings is 1. The molecule has 0 saturated carbocycles. The number of anilines is 3. The van der Waals surface area contributed by atoms with E-state index in [-0.39, 0.29) is 18.2 Å². The average molecular weight is 380 g/mol. The first-order valence-corrected chi connectivity index (χ1v) is 9.87. The van der Waals surface area contributed by atoms with Crippen LogP contribution in [0.3, 0.4) is 0 Å². The van der Waals surface area contributed by atoms with Crippen LogP contribution < -0.4 is 16.0 Å². The van der Waals surface area contributed by atoms with E-state index in [0.29, 0.717) is 22.2 Å². The van der Waals surface area contributed by atoms with Crippen molar-refractivity contribution in [2.24, 2.45) is 5.92 Å². The molecule has 3 N–H and O–H groups in total. The maximum absolute atomic E-state index is 12.5. The molecule has 0 radical (unpaired) electrons. The van der Waals surface area contributed by atoms with Gasteiger partial charge in [-0.3, -0.25) is 9.59 Å². The van der Waals surface area contributed by atoms with Crippen molar-refractivity contribution < 1.29 is 9.59 Å². The lowest BCUT2D eigenvalue weighted by Gasteiger charge is -2.26. The Morgan fingerprint density at radius 1 is 1.37 bits per heavy atom. The number of carbonyl (C=O) groups excluding carboxylic acids is 2. The van der Waals surface area contributed by atoms with E-state index in [2.05, 4.69) is 28.9 Å². The Balaban J connectivity index is 1.48. The van der Waals surface area contributed by atoms with Crippen molar-refractivity contribution in [2.75, 3.05) is 16.0 Å². The van der Waals surface area contributed by atoms with E-state index in [9.17, 15) is 14.9 Å². The largest absolute Gasteiger partial charge is 0.372 e. The van der Waals surface area contributed by atoms with Crippen LogP contribution >= 0.6 is 11.3 Å². The molecule has 138 valence electrons. The van der Waals surface area contributed by atoms with E-state index >= 15 is 0 Å². The second kappa shape index (κ2) is 7.05. The van der Waals surface area contributed by atoms with Gasteiger partial charge in [-0.2, -0.15) is 5.26 Å². The number of amides is 2. The van der Waals surface area contributed by atoms with Crippen molar-refractivity contribution in [1.29, 1.82) is 5.26 Å². The topological polar surface area (TPSA) is 94.0 Å². The van der Waals surface area contributed by atoms with E-state index in [0.717, 1.165) is 30.5 Å². The van der Waals surface area contributed by atoms with Crippen LogP contribution in [0.1, 0.15) is 35.8 Å². The van der Waals surface area contributed by atoms with Crippen molar-refractivity contribution in [3.8, 4) is 6.07 Å². The lowest BCUT2D eigenvalue weighted by Crippen LogP contribution is -2.41. The molecular formula is C20H20N4O2S. The fourth-order valence-electron chi connectivity index (χ4n) is 3.66. The SMILES string of the molecule is C[C@H]1CCc2c(sc(NC(=O)C[C@H]3Nc4ccccc4NC3=O)c2C#N)C1. The molecule has 0 unspecified atom stereocenters. The third-order valence-electron chi connectivity index (χ3n) is 5.10. The minimum atomic E-state index is -0.639. The first-order chi connectivity index (χ1) is 13.0. The summed E-state index contributed by atoms with van der Waals surface area (Å²) in [7, 11) is 0. The standard InChI is InChI=1S/C20H20N4O2S/c1-11-6-7-12-13(10-21)20(27-17(12)8-11)24-18(25)9-16-19(26)23-15-5-3-2-4-14(15)22-16/h2-5,11,16,22H,6-9H2,1H3,(H,23,26)(H,24,25)/t11-,16+/m0/s1. The molecule has 4 rings (SSSR count). The third kappa shape index (κ3) is 3.40. The summed E-state index contributed by atoms with van der Waals surface area (Å²) < 4.78 is 0. The molecule has 0 bridgehead atoms. The van der Waals surface area contributed by atoms with Crippen molar-refractivity contribution >= 4 is 39.5 Å². The summed E-state index contributed by atoms with van der Waals surface area (Å²) in [6, 6.07) is 9.00. The van der Waals surface area contributed by atoms with Crippen molar-refractivity contribution in [2.45, 2.75) is 38.6 Å². The normalized spacial score (nSPS) is 20.5. The number of hydrogen-bond donors (Lipinski definition) is 3. The maximum atomic E-state index is 12.5. The summed E-state index contributed by atoms with van der Waals surface area (Å²) in [5.41, 5.74) is 3.18. The quantitative estimate of drug-likeness (QED) is 0.759. The van der Waals surface area contributed by atoms with Gasteiger partial charge in [0.15, 0.2) is 0 Å². The zero-order valence-corrected chi connectivity index (χ0v) is 15.8. The number of para-hydroxylation sites is 2. The van der Waals surface area contributed by atoms with E-state index in [1.54, 1.807) is 0 Å². The number of nitriles is 1. The Hall–Kier alpha value is -2.85. The Bertz CT molecular complexity index is 959. The first-order valence-electron chi connectivity index (χ1n) is 9.06. The van der Waals surface area contributed by atoms with Gasteiger partial charge < -0.3 is 16.0 Å². The van der Waals surface area contributed by atoms with E-state index in [1.165, 1.54) is 16.2 Å². The first kappa shape index (κ1) is 17.6. The van der Waals surface area contributed by atoms with Gasteiger partial charge in [-0.05, 0) is 42.9 Å². The van der Waals surface area contributed by atoms with Crippen LogP contribution in [-0.2, 0) is 22.4 Å². The van der Waals surface area contributed by atoms with Gasteiger partial charge in [0.2, 0.25) is 11.8 Å². The molecule has 0 spiro atoms. The summed E-state index contributed by atoms with van der Waals surface area (Å²) in [5, 5.41) is 18.9. The summed E-state index contributed by atoms with van der Waals surface area (Å²) in [6.45, 7) is 2.21. The van der Waals surface area contributed by atoms with Crippen LogP contribution in [0, 0.1) is 17.2 Å². The van der Waals surface area contributed by atoms with E-state index < -0.39 is 6.04 Å². The minimum absolute atomic E-state index is 0.00397. The van der Waals surface area contributed by atoms with E-state index in [4.69, 9.17) is 0 Å². The van der Waals surface area contributed by atoms with Crippen LogP contribution in [0.25, 0.3) is 0 Å². The van der Waals surface area contributed by atoms with E-state index in [1.807, 2.05) is 24.3 Å². The van der Waals surface area contributed by atoms with Gasteiger partial charge >= 0.3 is 0 Å². The highest BCUT2D eigenvalue weighted by molar-refractivity contribution is 7.16. The number of rotatable bonds is 3. The molecule has 2 aliphatic rings. The van der Waals surface area contributed by atoms with Gasteiger partial charge in [0.1, 0.15) is 17.1 Å². The number of nitrogens with zero attached hydrogens (tertiary/aromatic N) is 1. The molecule has 1 aromatic heterocycles. The predicted octanol–water partition coefficient (Wildman–Crippen LogP) is 3.51. The maximum Gasteiger partial charge on any atom is 0.247 e. The molecule has 2 heterocycles. The van der Waals surface area contributed by atoms with Gasteiger partial charge in [-0.25, -0.2) is 0 Å². The molecule has 0 fully saturated rings. The lowest BCUT2D eigenvalue weighted by molar-refractivity contribution is -0.122. The molecule has 6 nitrogen and oxygen atoms in total. The van der Waals surface area contributed by atoms with Crippen molar-refractivity contribution in [3.05, 3.63) is 40.3 Å². The predicted molar refractivity (Wildman–Crippen MR) is 106 cm³/mol. The number of nitrogens with one attached hydrogen (secondary N) is 3. The van der Waals surface area contributed by atoms with Crippen LogP contribution in [0.4, 0.5) is 16.4 Å². The highest BCUT2D eigenvalue weighted by Gasteiger charge is 2.29. The Morgan fingerprint density at radius 3 is 2.93 bits per heavy atom. The van der Waals surface area contributed by atoms with Gasteiger partial charge in [0, 0.05) is 4.88 Å². The van der Waals surface area contributed by atoms with Crippen LogP contribution in [0.15, 0.2) is 24.3 Å². The fourth-order valence-corrected chi connectivity index (χ4v) is 5.03. The molecular weight excluding hydrogens is 360 g/mol. The van der Waals surface area contributed by atoms with Gasteiger partial charge in [-0.1, -0.05) is 19.1 Å². The zero-order valence-electron chi connectivity index (χ0n) is 15.0. The zero-order chi connectivity index (χ0) is 19.0. The molecule has 2 atom stereocenters. The van der Waals surface area contributed by atoms with Gasteiger partial charge in [-0.15, -0.1) is 11.3 Å². The summed E-state index contributed by atoms with van der Waals surface area (Å²) in [4.78, 5) is 26.0. The molecule has 1 aliphatic heterocycles. The second-order valence-electron chi connectivity index (χ2n) is 7.15. The van der Waals surface area contributed by atoms with Gasteiger partial charge in [0.05, 0.1) is 23.4 Å². The highest BCUT2D eigenvalue weighted by Crippen LogP contribution is 2.39. The van der Waals surface area contributed by atoms with Crippen molar-refractivity contribution in [3.63, 3.8) is 0 Å². The summed E-state index contributed by atoms with van der Waals surface area (Å²) in [6.07, 6.45) is 2.91.